The Bertz CT molecular complexity index is 2090. The molecule has 5 heterocycles. The minimum absolute atomic E-state index is 0.0191. The summed E-state index contributed by atoms with van der Waals surface area (Å²) in [6, 6.07) is 14.7. The summed E-state index contributed by atoms with van der Waals surface area (Å²) in [6.07, 6.45) is 4.97. The second kappa shape index (κ2) is 17.0. The number of nitrogens with one attached hydrogen (secondary N) is 4. The highest BCUT2D eigenvalue weighted by molar-refractivity contribution is 5.87. The van der Waals surface area contributed by atoms with Crippen LogP contribution in [0.5, 0.6) is 0 Å². The number of likely N-dealkylation sites (N-methyl/N-ethyl adjacent to an activating group) is 1. The number of hydrogen-bond acceptors (Lipinski definition) is 9. The lowest BCUT2D eigenvalue weighted by Crippen LogP contribution is -2.54. The van der Waals surface area contributed by atoms with Gasteiger partial charge in [-0.2, -0.15) is 0 Å². The fourth-order valence-electron chi connectivity index (χ4n) is 8.91. The van der Waals surface area contributed by atoms with Crippen LogP contribution in [-0.4, -0.2) is 118 Å². The average molecular weight is 794 g/mol. The normalized spacial score (nSPS) is 21.6. The number of imidazole rings is 2. The molecule has 3 fully saturated rings. The van der Waals surface area contributed by atoms with Crippen molar-refractivity contribution in [2.24, 2.45) is 17.8 Å². The molecule has 0 aliphatic carbocycles. The number of rotatable bonds is 11. The summed E-state index contributed by atoms with van der Waals surface area (Å²) in [4.78, 5) is 74.5. The van der Waals surface area contributed by atoms with Crippen molar-refractivity contribution in [1.82, 2.24) is 45.3 Å². The first-order valence-corrected chi connectivity index (χ1v) is 20.2. The van der Waals surface area contributed by atoms with Gasteiger partial charge in [-0.3, -0.25) is 9.59 Å². The SMILES string of the molecule is COC(=O)N[C@H](C(=O)N1C2CC(CN(C)C2)C1c1nc(-c2ccc(-c3ccc(-c4cnc([C@@H]5CCCN5C(=O)[C@@H](NC(=O)OC)C(C)C)[nH]4)cc3)cc2)c[nH]1)C(C)C. The molecule has 15 nitrogen and oxygen atoms in total. The van der Waals surface area contributed by atoms with Gasteiger partial charge in [0, 0.05) is 43.4 Å². The van der Waals surface area contributed by atoms with Gasteiger partial charge < -0.3 is 44.8 Å². The Morgan fingerprint density at radius 1 is 0.793 bits per heavy atom. The first-order valence-electron chi connectivity index (χ1n) is 20.2. The van der Waals surface area contributed by atoms with E-state index in [4.69, 9.17) is 14.5 Å². The third-order valence-electron chi connectivity index (χ3n) is 11.9. The minimum atomic E-state index is -0.713. The number of hydrogen-bond donors (Lipinski definition) is 4. The van der Waals surface area contributed by atoms with Crippen LogP contribution in [0.3, 0.4) is 0 Å². The number of nitrogens with zero attached hydrogens (tertiary/aromatic N) is 5. The van der Waals surface area contributed by atoms with Crippen LogP contribution in [0.4, 0.5) is 9.59 Å². The molecule has 4 aromatic rings. The van der Waals surface area contributed by atoms with Crippen molar-refractivity contribution in [3.8, 4) is 33.6 Å². The number of aromatic nitrogens is 4. The number of aromatic amines is 2. The van der Waals surface area contributed by atoms with Gasteiger partial charge in [0.2, 0.25) is 11.8 Å². The number of alkyl carbamates (subject to hydrolysis) is 2. The Hall–Kier alpha value is -5.70. The molecule has 308 valence electrons. The van der Waals surface area contributed by atoms with E-state index in [1.807, 2.05) is 43.7 Å². The number of benzene rings is 2. The Kier molecular flexibility index (Phi) is 11.9. The molecule has 58 heavy (non-hydrogen) atoms. The molecule has 6 atom stereocenters. The first kappa shape index (κ1) is 40.5. The van der Waals surface area contributed by atoms with Gasteiger partial charge in [0.1, 0.15) is 23.7 Å². The molecule has 4 N–H and O–H groups in total. The molecule has 2 bridgehead atoms. The third-order valence-corrected chi connectivity index (χ3v) is 11.9. The highest BCUT2D eigenvalue weighted by atomic mass is 16.5. The van der Waals surface area contributed by atoms with E-state index in [0.29, 0.717) is 6.54 Å². The Labute approximate surface area is 339 Å². The molecular weight excluding hydrogens is 739 g/mol. The molecule has 3 aliphatic rings. The van der Waals surface area contributed by atoms with Crippen LogP contribution in [-0.2, 0) is 19.1 Å². The number of carbonyl (C=O) groups excluding carboxylic acids is 4. The van der Waals surface area contributed by atoms with Crippen molar-refractivity contribution in [2.45, 2.75) is 77.2 Å². The lowest BCUT2D eigenvalue weighted by molar-refractivity contribution is -0.138. The van der Waals surface area contributed by atoms with Crippen molar-refractivity contribution in [2.75, 3.05) is 40.9 Å². The Balaban J connectivity index is 1.04. The molecule has 0 saturated carbocycles. The van der Waals surface area contributed by atoms with Gasteiger partial charge in [-0.25, -0.2) is 19.6 Å². The number of carbonyl (C=O) groups is 4. The van der Waals surface area contributed by atoms with Gasteiger partial charge in [-0.05, 0) is 54.8 Å². The van der Waals surface area contributed by atoms with E-state index in [-0.39, 0.29) is 47.7 Å². The zero-order valence-corrected chi connectivity index (χ0v) is 34.3. The van der Waals surface area contributed by atoms with E-state index in [1.54, 1.807) is 6.20 Å². The van der Waals surface area contributed by atoms with Crippen LogP contribution in [0.2, 0.25) is 0 Å². The quantitative estimate of drug-likeness (QED) is 0.147. The fraction of sp³-hybridized carbons (Fsp3) is 0.488. The standard InChI is InChI=1S/C43H55N9O6/c1-24(2)35(48-42(55)57-6)40(53)51-18-8-9-34(51)38-44-20-32(46-38)28-14-10-26(11-15-28)27-12-16-29(17-13-27)33-21-45-39(47-33)37-30-19-31(23-50(5)22-30)52(37)41(54)36(25(3)4)49-43(56)58-7/h10-17,20-21,24-25,30-31,34-37H,8-9,18-19,22-23H2,1-7H3,(H,44,46)(H,45,47)(H,48,55)(H,49,56)/t30?,31?,34-,35-,36-,37?/m0/s1. The lowest BCUT2D eigenvalue weighted by Gasteiger charge is -2.34. The summed E-state index contributed by atoms with van der Waals surface area (Å²) in [5.41, 5.74) is 5.69. The lowest BCUT2D eigenvalue weighted by atomic mass is 9.95. The van der Waals surface area contributed by atoms with Gasteiger partial charge in [0.15, 0.2) is 0 Å². The van der Waals surface area contributed by atoms with Gasteiger partial charge >= 0.3 is 12.2 Å². The molecule has 3 aliphatic heterocycles. The van der Waals surface area contributed by atoms with Crippen molar-refractivity contribution in [3.63, 3.8) is 0 Å². The highest BCUT2D eigenvalue weighted by Gasteiger charge is 2.51. The number of ether oxygens (including phenoxy) is 2. The van der Waals surface area contributed by atoms with E-state index in [1.165, 1.54) is 14.2 Å². The number of fused-ring (bicyclic) bond motifs is 2. The first-order chi connectivity index (χ1) is 27.9. The molecule has 15 heteroatoms. The van der Waals surface area contributed by atoms with E-state index in [0.717, 1.165) is 77.6 Å². The van der Waals surface area contributed by atoms with Gasteiger partial charge in [-0.1, -0.05) is 76.2 Å². The molecule has 2 aromatic heterocycles. The van der Waals surface area contributed by atoms with Gasteiger partial charge in [0.25, 0.3) is 0 Å². The predicted molar refractivity (Wildman–Crippen MR) is 218 cm³/mol. The molecule has 3 unspecified atom stereocenters. The van der Waals surface area contributed by atoms with Crippen LogP contribution < -0.4 is 10.6 Å². The van der Waals surface area contributed by atoms with Crippen molar-refractivity contribution in [3.05, 3.63) is 72.6 Å². The van der Waals surface area contributed by atoms with Crippen molar-refractivity contribution >= 4 is 24.0 Å². The third kappa shape index (κ3) is 8.17. The van der Waals surface area contributed by atoms with E-state index >= 15 is 0 Å². The summed E-state index contributed by atoms with van der Waals surface area (Å²) in [5, 5.41) is 5.47. The second-order valence-corrected chi connectivity index (χ2v) is 16.5. The summed E-state index contributed by atoms with van der Waals surface area (Å²) in [5.74, 6) is 1.18. The number of amides is 4. The predicted octanol–water partition coefficient (Wildman–Crippen LogP) is 5.76. The molecule has 2 aromatic carbocycles. The van der Waals surface area contributed by atoms with Crippen molar-refractivity contribution in [1.29, 1.82) is 0 Å². The second-order valence-electron chi connectivity index (χ2n) is 16.5. The maximum absolute atomic E-state index is 14.1. The number of likely N-dealkylation sites (tertiary alicyclic amines) is 3. The number of H-pyrrole nitrogens is 2. The van der Waals surface area contributed by atoms with Crippen LogP contribution in [0.25, 0.3) is 33.6 Å². The summed E-state index contributed by atoms with van der Waals surface area (Å²) < 4.78 is 9.61. The van der Waals surface area contributed by atoms with Crippen LogP contribution >= 0.6 is 0 Å². The van der Waals surface area contributed by atoms with Gasteiger partial charge in [-0.15, -0.1) is 0 Å². The smallest absolute Gasteiger partial charge is 0.407 e. The maximum Gasteiger partial charge on any atom is 0.407 e. The molecule has 7 rings (SSSR count). The molecule has 0 radical (unpaired) electrons. The minimum Gasteiger partial charge on any atom is -0.453 e. The summed E-state index contributed by atoms with van der Waals surface area (Å²) in [6.45, 7) is 9.86. The topological polar surface area (TPSA) is 178 Å². The average Bonchev–Trinajstić information content (AvgIpc) is 4.04. The van der Waals surface area contributed by atoms with Crippen LogP contribution in [0.15, 0.2) is 60.9 Å². The number of piperidine rings is 1. The highest BCUT2D eigenvalue weighted by Crippen LogP contribution is 2.44. The summed E-state index contributed by atoms with van der Waals surface area (Å²) >= 11 is 0. The van der Waals surface area contributed by atoms with E-state index in [9.17, 15) is 19.2 Å². The van der Waals surface area contributed by atoms with Crippen LogP contribution in [0.1, 0.15) is 70.7 Å². The Morgan fingerprint density at radius 3 is 1.98 bits per heavy atom. The maximum atomic E-state index is 14.1. The molecule has 3 saturated heterocycles. The Morgan fingerprint density at radius 2 is 1.38 bits per heavy atom. The molecule has 0 spiro atoms. The van der Waals surface area contributed by atoms with Gasteiger partial charge in [0.05, 0.1) is 43.9 Å². The van der Waals surface area contributed by atoms with Crippen LogP contribution in [0, 0.1) is 17.8 Å². The number of methoxy groups -OCH3 is 2. The monoisotopic (exact) mass is 793 g/mol. The molecular formula is C43H55N9O6. The van der Waals surface area contributed by atoms with E-state index < -0.39 is 24.3 Å². The summed E-state index contributed by atoms with van der Waals surface area (Å²) in [7, 11) is 4.68. The van der Waals surface area contributed by atoms with Crippen molar-refractivity contribution < 1.29 is 28.7 Å². The zero-order chi connectivity index (χ0) is 41.2. The fourth-order valence-corrected chi connectivity index (χ4v) is 8.91. The largest absolute Gasteiger partial charge is 0.453 e. The van der Waals surface area contributed by atoms with E-state index in [2.05, 4.69) is 86.1 Å². The molecule has 4 amide bonds. The zero-order valence-electron chi connectivity index (χ0n) is 34.3.